The topological polar surface area (TPSA) is 26.3 Å². The first-order valence-electron chi connectivity index (χ1n) is 12.3. The van der Waals surface area contributed by atoms with Crippen molar-refractivity contribution in [2.45, 2.75) is 108 Å². The van der Waals surface area contributed by atoms with Crippen molar-refractivity contribution in [1.82, 2.24) is 0 Å². The Morgan fingerprint density at radius 1 is 0.310 bits per heavy atom. The van der Waals surface area contributed by atoms with E-state index in [1.165, 1.54) is 0 Å². The van der Waals surface area contributed by atoms with Crippen LogP contribution in [0, 0.1) is 0 Å². The Hall–Kier alpha value is -3.24. The molecule has 58 heavy (non-hydrogen) atoms. The average Bonchev–Trinajstić information content (AvgIpc) is 2.97. The Morgan fingerprint density at radius 3 is 0.690 bits per heavy atom. The minimum absolute atomic E-state index is 0.472. The van der Waals surface area contributed by atoms with Gasteiger partial charge in [0.05, 0.1) is 0 Å². The lowest BCUT2D eigenvalue weighted by molar-refractivity contribution is -0.501. The Balaban J connectivity index is 8.55. The van der Waals surface area contributed by atoms with Crippen LogP contribution in [0.2, 0.25) is 0 Å². The highest BCUT2D eigenvalue weighted by molar-refractivity contribution is 5.87. The van der Waals surface area contributed by atoms with E-state index in [1.807, 2.05) is 6.58 Å². The first-order chi connectivity index (χ1) is 24.3. The smallest absolute Gasteiger partial charge is 0.413 e. The molecule has 0 aliphatic heterocycles. The molecule has 346 valence electrons. The molecule has 1 unspecified atom stereocenters. The molecular formula is C21H5F35O2. The van der Waals surface area contributed by atoms with Gasteiger partial charge in [0.25, 0.3) is 0 Å². The first kappa shape index (κ1) is 54.8. The number of halogens is 35. The zero-order valence-electron chi connectivity index (χ0n) is 25.3. The lowest BCUT2D eigenvalue weighted by Crippen LogP contribution is -2.82. The fraction of sp³-hybridized carbons (Fsp3) is 0.857. The third-order valence-electron chi connectivity index (χ3n) is 6.90. The number of hydrogen-bond donors (Lipinski definition) is 0. The van der Waals surface area contributed by atoms with E-state index in [-0.39, 0.29) is 0 Å². The van der Waals surface area contributed by atoms with Crippen LogP contribution in [0.5, 0.6) is 0 Å². The van der Waals surface area contributed by atoms with Crippen LogP contribution < -0.4 is 0 Å². The van der Waals surface area contributed by atoms with E-state index in [0.29, 0.717) is 0 Å². The average molecular weight is 954 g/mol. The highest BCUT2D eigenvalue weighted by Gasteiger charge is 3.03. The summed E-state index contributed by atoms with van der Waals surface area (Å²) < 4.78 is 479. The number of rotatable bonds is 15. The standard InChI is InChI=1S/C21H5F35O2/c1-3(2)4(57)58-18(47,15(41,42)12(35,36)8(27,28)7(25,26)6(23,24)5(22,19(48,49)50)20(51,52)53)16(43,44)13(37,38)10(31,32)9(29,30)11(33,34)14(39,40)17(45,46)21(54,55)56/h1H2,2H3. The molecular weight excluding hydrogens is 949 g/mol. The van der Waals surface area contributed by atoms with Crippen LogP contribution in [-0.4, -0.2) is 107 Å². The minimum atomic E-state index is -10.3. The zero-order valence-corrected chi connectivity index (χ0v) is 25.3. The molecule has 0 heterocycles. The Labute approximate surface area is 290 Å². The molecule has 0 aromatic rings. The van der Waals surface area contributed by atoms with Gasteiger partial charge >= 0.3 is 107 Å². The summed E-state index contributed by atoms with van der Waals surface area (Å²) >= 11 is 0. The normalized spacial score (nSPS) is 17.6. The van der Waals surface area contributed by atoms with Crippen molar-refractivity contribution >= 4 is 5.97 Å². The SMILES string of the molecule is C=C(C)C(=O)OC(F)(C(F)(F)C(F)(F)C(F)(F)C(F)(F)C(F)(F)C(F)(F)C(F)(F)C(F)(F)F)C(F)(F)C(F)(F)C(F)(F)C(F)(F)C(F)(F)C(F)(C(F)(F)F)C(F)(F)F. The molecule has 0 aromatic heterocycles. The molecule has 0 bridgehead atoms. The Kier molecular flexibility index (Phi) is 12.6. The lowest BCUT2D eigenvalue weighted by atomic mass is 9.80. The van der Waals surface area contributed by atoms with Crippen LogP contribution in [-0.2, 0) is 9.53 Å². The molecule has 0 aliphatic carbocycles. The van der Waals surface area contributed by atoms with Crippen LogP contribution in [0.1, 0.15) is 6.92 Å². The molecule has 0 spiro atoms. The van der Waals surface area contributed by atoms with Crippen molar-refractivity contribution in [2.24, 2.45) is 0 Å². The third-order valence-corrected chi connectivity index (χ3v) is 6.90. The maximum atomic E-state index is 15.2. The number of hydrogen-bond acceptors (Lipinski definition) is 2. The molecule has 2 nitrogen and oxygen atoms in total. The van der Waals surface area contributed by atoms with E-state index in [2.05, 4.69) is 0 Å². The number of esters is 1. The summed E-state index contributed by atoms with van der Waals surface area (Å²) in [6, 6.07) is 0. The van der Waals surface area contributed by atoms with Crippen molar-refractivity contribution < 1.29 is 163 Å². The van der Waals surface area contributed by atoms with Crippen molar-refractivity contribution in [2.75, 3.05) is 0 Å². The van der Waals surface area contributed by atoms with Gasteiger partial charge in [0.15, 0.2) is 0 Å². The van der Waals surface area contributed by atoms with Gasteiger partial charge in [0.1, 0.15) is 0 Å². The second kappa shape index (κ2) is 13.4. The second-order valence-electron chi connectivity index (χ2n) is 10.8. The van der Waals surface area contributed by atoms with Crippen LogP contribution in [0.4, 0.5) is 154 Å². The molecule has 0 radical (unpaired) electrons. The van der Waals surface area contributed by atoms with Crippen molar-refractivity contribution in [3.63, 3.8) is 0 Å². The predicted molar refractivity (Wildman–Crippen MR) is 106 cm³/mol. The zero-order chi connectivity index (χ0) is 48.4. The monoisotopic (exact) mass is 954 g/mol. The molecule has 0 N–H and O–H groups in total. The number of alkyl halides is 35. The van der Waals surface area contributed by atoms with Crippen LogP contribution in [0.15, 0.2) is 12.2 Å². The van der Waals surface area contributed by atoms with Crippen LogP contribution >= 0.6 is 0 Å². The van der Waals surface area contributed by atoms with E-state index in [4.69, 9.17) is 0 Å². The van der Waals surface area contributed by atoms with Gasteiger partial charge in [-0.2, -0.15) is 149 Å². The highest BCUT2D eigenvalue weighted by atomic mass is 19.5. The maximum absolute atomic E-state index is 15.2. The summed E-state index contributed by atoms with van der Waals surface area (Å²) in [5.74, 6) is -134. The van der Waals surface area contributed by atoms with Gasteiger partial charge < -0.3 is 4.74 Å². The van der Waals surface area contributed by atoms with Crippen molar-refractivity contribution in [1.29, 1.82) is 0 Å². The van der Waals surface area contributed by atoms with Crippen molar-refractivity contribution in [3.8, 4) is 0 Å². The van der Waals surface area contributed by atoms with Gasteiger partial charge in [-0.15, -0.1) is 0 Å². The van der Waals surface area contributed by atoms with Gasteiger partial charge in [-0.05, 0) is 6.92 Å². The fourth-order valence-electron chi connectivity index (χ4n) is 3.43. The summed E-state index contributed by atoms with van der Waals surface area (Å²) in [5.41, 5.74) is -12.0. The largest absolute Gasteiger partial charge is 0.460 e. The Bertz CT molecular complexity index is 1540. The van der Waals surface area contributed by atoms with Crippen LogP contribution in [0.3, 0.4) is 0 Å². The van der Waals surface area contributed by atoms with E-state index < -0.39 is 120 Å². The maximum Gasteiger partial charge on any atom is 0.460 e. The number of carbonyl (C=O) groups is 1. The molecule has 0 aromatic carbocycles. The summed E-state index contributed by atoms with van der Waals surface area (Å²) in [7, 11) is 0. The minimum Gasteiger partial charge on any atom is -0.413 e. The molecule has 0 aliphatic rings. The molecule has 37 heteroatoms. The number of carbonyl (C=O) groups excluding carboxylic acids is 1. The molecule has 0 rings (SSSR count). The number of ether oxygens (including phenoxy) is 1. The van der Waals surface area contributed by atoms with Crippen LogP contribution in [0.25, 0.3) is 0 Å². The first-order valence-corrected chi connectivity index (χ1v) is 12.3. The molecule has 0 fully saturated rings. The van der Waals surface area contributed by atoms with Crippen molar-refractivity contribution in [3.05, 3.63) is 12.2 Å². The fourth-order valence-corrected chi connectivity index (χ4v) is 3.43. The summed E-state index contributed by atoms with van der Waals surface area (Å²) in [6.45, 7) is 1.40. The van der Waals surface area contributed by atoms with Gasteiger partial charge in [-0.1, -0.05) is 6.58 Å². The summed E-state index contributed by atoms with van der Waals surface area (Å²) in [5, 5.41) is 0. The Morgan fingerprint density at radius 2 is 0.500 bits per heavy atom. The van der Waals surface area contributed by atoms with Gasteiger partial charge in [-0.3, -0.25) is 0 Å². The third kappa shape index (κ3) is 6.30. The van der Waals surface area contributed by atoms with Gasteiger partial charge in [0.2, 0.25) is 0 Å². The van der Waals surface area contributed by atoms with E-state index in [9.17, 15) is 154 Å². The second-order valence-corrected chi connectivity index (χ2v) is 10.8. The molecule has 1 atom stereocenters. The summed E-state index contributed by atoms with van der Waals surface area (Å²) in [4.78, 5) is 11.4. The summed E-state index contributed by atoms with van der Waals surface area (Å²) in [6.07, 6.45) is -26.3. The van der Waals surface area contributed by atoms with Gasteiger partial charge in [-0.25, -0.2) is 9.18 Å². The van der Waals surface area contributed by atoms with E-state index in [0.717, 1.165) is 0 Å². The molecule has 0 saturated carbocycles. The molecule has 0 amide bonds. The van der Waals surface area contributed by atoms with Gasteiger partial charge in [0, 0.05) is 5.57 Å². The van der Waals surface area contributed by atoms with E-state index in [1.54, 1.807) is 4.74 Å². The van der Waals surface area contributed by atoms with E-state index >= 15 is 4.39 Å². The molecule has 0 saturated heterocycles. The highest BCUT2D eigenvalue weighted by Crippen LogP contribution is 2.70. The lowest BCUT2D eigenvalue weighted by Gasteiger charge is -2.48. The predicted octanol–water partition coefficient (Wildman–Crippen LogP) is 11.8. The quantitative estimate of drug-likeness (QED) is 0.0929.